The first-order valence-corrected chi connectivity index (χ1v) is 7.87. The fourth-order valence-electron chi connectivity index (χ4n) is 3.25. The van der Waals surface area contributed by atoms with Gasteiger partial charge in [0.15, 0.2) is 5.96 Å². The highest BCUT2D eigenvalue weighted by molar-refractivity contribution is 14.0. The lowest BCUT2D eigenvalue weighted by molar-refractivity contribution is 0.0669. The Morgan fingerprint density at radius 1 is 1.24 bits per heavy atom. The normalized spacial score (nSPS) is 22.7. The van der Waals surface area contributed by atoms with Crippen molar-refractivity contribution in [3.63, 3.8) is 0 Å². The quantitative estimate of drug-likeness (QED) is 0.428. The van der Waals surface area contributed by atoms with Crippen LogP contribution in [0.5, 0.6) is 0 Å². The van der Waals surface area contributed by atoms with Crippen LogP contribution in [0.2, 0.25) is 0 Å². The monoisotopic (exact) mass is 411 g/mol. The van der Waals surface area contributed by atoms with Crippen LogP contribution in [0.15, 0.2) is 4.99 Å². The first-order chi connectivity index (χ1) is 9.76. The lowest BCUT2D eigenvalue weighted by Gasteiger charge is -2.36. The minimum atomic E-state index is 0. The molecule has 2 fully saturated rings. The molecule has 1 aliphatic heterocycles. The van der Waals surface area contributed by atoms with E-state index in [1.165, 1.54) is 32.1 Å². The maximum Gasteiger partial charge on any atom is 0.191 e. The number of rotatable bonds is 5. The van der Waals surface area contributed by atoms with Crippen LogP contribution in [0, 0.1) is 5.41 Å². The van der Waals surface area contributed by atoms with Gasteiger partial charge in [-0.2, -0.15) is 0 Å². The summed E-state index contributed by atoms with van der Waals surface area (Å²) in [6.07, 6.45) is 7.61. The largest absolute Gasteiger partial charge is 0.385 e. The predicted molar refractivity (Wildman–Crippen MR) is 96.3 cm³/mol. The summed E-state index contributed by atoms with van der Waals surface area (Å²) in [5, 5.41) is 0. The van der Waals surface area contributed by atoms with E-state index in [0.29, 0.717) is 11.4 Å². The third kappa shape index (κ3) is 5.90. The molecule has 2 aliphatic rings. The van der Waals surface area contributed by atoms with Gasteiger partial charge in [-0.3, -0.25) is 4.99 Å². The molecule has 0 unspecified atom stereocenters. The smallest absolute Gasteiger partial charge is 0.191 e. The number of nitrogens with zero attached hydrogens (tertiary/aromatic N) is 2. The van der Waals surface area contributed by atoms with E-state index in [2.05, 4.69) is 4.90 Å². The van der Waals surface area contributed by atoms with E-state index in [1.54, 1.807) is 7.11 Å². The number of morpholine rings is 1. The molecule has 5 nitrogen and oxygen atoms in total. The highest BCUT2D eigenvalue weighted by Gasteiger charge is 2.31. The molecule has 0 aromatic carbocycles. The summed E-state index contributed by atoms with van der Waals surface area (Å²) in [4.78, 5) is 6.84. The lowest BCUT2D eigenvalue weighted by atomic mass is 9.72. The maximum absolute atomic E-state index is 6.14. The molecule has 1 aliphatic carbocycles. The van der Waals surface area contributed by atoms with Crippen LogP contribution in [0.1, 0.15) is 38.5 Å². The Bertz CT molecular complexity index is 314. The summed E-state index contributed by atoms with van der Waals surface area (Å²) in [6.45, 7) is 4.91. The molecule has 6 heteroatoms. The Morgan fingerprint density at radius 2 is 1.90 bits per heavy atom. The van der Waals surface area contributed by atoms with Crippen molar-refractivity contribution in [1.82, 2.24) is 4.90 Å². The fraction of sp³-hybridized carbons (Fsp3) is 0.933. The molecular formula is C15H30IN3O2. The molecular weight excluding hydrogens is 381 g/mol. The number of halogens is 1. The molecule has 2 N–H and O–H groups in total. The van der Waals surface area contributed by atoms with Gasteiger partial charge in [0.05, 0.1) is 13.2 Å². The minimum absolute atomic E-state index is 0. The molecule has 1 saturated carbocycles. The molecule has 0 spiro atoms. The molecule has 0 radical (unpaired) electrons. The molecule has 1 saturated heterocycles. The summed E-state index contributed by atoms with van der Waals surface area (Å²) in [7, 11) is 1.78. The van der Waals surface area contributed by atoms with Crippen molar-refractivity contribution >= 4 is 29.9 Å². The number of ether oxygens (including phenoxy) is 2. The van der Waals surface area contributed by atoms with Crippen LogP contribution in [0.25, 0.3) is 0 Å². The van der Waals surface area contributed by atoms with Gasteiger partial charge in [-0.15, -0.1) is 24.0 Å². The molecule has 0 bridgehead atoms. The standard InChI is InChI=1S/C15H29N3O2.HI/c1-19-10-7-15(5-3-2-4-6-15)13-17-14(16)18-8-11-20-12-9-18;/h2-13H2,1H3,(H2,16,17);1H. The van der Waals surface area contributed by atoms with Crippen molar-refractivity contribution in [3.05, 3.63) is 0 Å². The number of methoxy groups -OCH3 is 1. The summed E-state index contributed by atoms with van der Waals surface area (Å²) in [6, 6.07) is 0. The zero-order valence-corrected chi connectivity index (χ0v) is 15.5. The second kappa shape index (κ2) is 9.84. The van der Waals surface area contributed by atoms with Crippen molar-refractivity contribution < 1.29 is 9.47 Å². The Hall–Kier alpha value is -0.0800. The molecule has 21 heavy (non-hydrogen) atoms. The van der Waals surface area contributed by atoms with Crippen LogP contribution in [0.3, 0.4) is 0 Å². The molecule has 2 rings (SSSR count). The van der Waals surface area contributed by atoms with E-state index in [-0.39, 0.29) is 24.0 Å². The second-order valence-electron chi connectivity index (χ2n) is 6.08. The minimum Gasteiger partial charge on any atom is -0.385 e. The Balaban J connectivity index is 0.00000220. The summed E-state index contributed by atoms with van der Waals surface area (Å²) in [5.41, 5.74) is 6.45. The topological polar surface area (TPSA) is 60.1 Å². The molecule has 0 amide bonds. The van der Waals surface area contributed by atoms with Gasteiger partial charge in [-0.1, -0.05) is 19.3 Å². The third-order valence-corrected chi connectivity index (χ3v) is 4.66. The van der Waals surface area contributed by atoms with Gasteiger partial charge in [-0.05, 0) is 24.7 Å². The number of hydrogen-bond acceptors (Lipinski definition) is 3. The molecule has 0 atom stereocenters. The average Bonchev–Trinajstić information content (AvgIpc) is 2.52. The molecule has 0 aromatic rings. The van der Waals surface area contributed by atoms with Crippen LogP contribution >= 0.6 is 24.0 Å². The van der Waals surface area contributed by atoms with Gasteiger partial charge < -0.3 is 20.1 Å². The third-order valence-electron chi connectivity index (χ3n) is 4.66. The summed E-state index contributed by atoms with van der Waals surface area (Å²) < 4.78 is 10.6. The van der Waals surface area contributed by atoms with Crippen LogP contribution < -0.4 is 5.73 Å². The van der Waals surface area contributed by atoms with E-state index in [9.17, 15) is 0 Å². The first-order valence-electron chi connectivity index (χ1n) is 7.87. The van der Waals surface area contributed by atoms with Gasteiger partial charge in [0.25, 0.3) is 0 Å². The van der Waals surface area contributed by atoms with Crippen LogP contribution in [-0.2, 0) is 9.47 Å². The predicted octanol–water partition coefficient (Wildman–Crippen LogP) is 2.24. The van der Waals surface area contributed by atoms with Crippen LogP contribution in [0.4, 0.5) is 0 Å². The maximum atomic E-state index is 6.14. The SMILES string of the molecule is COCCC1(CN=C(N)N2CCOCC2)CCCCC1.I. The highest BCUT2D eigenvalue weighted by atomic mass is 127. The van der Waals surface area contributed by atoms with E-state index in [1.807, 2.05) is 0 Å². The summed E-state index contributed by atoms with van der Waals surface area (Å²) >= 11 is 0. The van der Waals surface area contributed by atoms with Crippen molar-refractivity contribution in [3.8, 4) is 0 Å². The average molecular weight is 411 g/mol. The van der Waals surface area contributed by atoms with Crippen molar-refractivity contribution in [1.29, 1.82) is 0 Å². The first kappa shape index (κ1) is 19.0. The highest BCUT2D eigenvalue weighted by Crippen LogP contribution is 2.39. The van der Waals surface area contributed by atoms with Crippen molar-refractivity contribution in [2.24, 2.45) is 16.1 Å². The number of guanidine groups is 1. The van der Waals surface area contributed by atoms with Gasteiger partial charge in [0.1, 0.15) is 0 Å². The fourth-order valence-corrected chi connectivity index (χ4v) is 3.25. The number of nitrogens with two attached hydrogens (primary N) is 1. The molecule has 1 heterocycles. The number of aliphatic imine (C=N–C) groups is 1. The van der Waals surface area contributed by atoms with Crippen molar-refractivity contribution in [2.75, 3.05) is 46.6 Å². The van der Waals surface area contributed by atoms with E-state index < -0.39 is 0 Å². The molecule has 0 aromatic heterocycles. The molecule has 124 valence electrons. The van der Waals surface area contributed by atoms with Gasteiger partial charge >= 0.3 is 0 Å². The van der Waals surface area contributed by atoms with Crippen molar-refractivity contribution in [2.45, 2.75) is 38.5 Å². The summed E-state index contributed by atoms with van der Waals surface area (Å²) in [5.74, 6) is 0.690. The van der Waals surface area contributed by atoms with Gasteiger partial charge in [0.2, 0.25) is 0 Å². The van der Waals surface area contributed by atoms with E-state index in [4.69, 9.17) is 20.2 Å². The second-order valence-corrected chi connectivity index (χ2v) is 6.08. The van der Waals surface area contributed by atoms with Crippen LogP contribution in [-0.4, -0.2) is 57.4 Å². The van der Waals surface area contributed by atoms with Gasteiger partial charge in [0, 0.05) is 33.4 Å². The van der Waals surface area contributed by atoms with E-state index >= 15 is 0 Å². The van der Waals surface area contributed by atoms with Gasteiger partial charge in [-0.25, -0.2) is 0 Å². The van der Waals surface area contributed by atoms with E-state index in [0.717, 1.165) is 45.9 Å². The zero-order chi connectivity index (χ0) is 14.3. The number of hydrogen-bond donors (Lipinski definition) is 1. The Kier molecular flexibility index (Phi) is 8.89. The Morgan fingerprint density at radius 3 is 2.52 bits per heavy atom. The lowest BCUT2D eigenvalue weighted by Crippen LogP contribution is -2.45. The zero-order valence-electron chi connectivity index (χ0n) is 13.2. The Labute approximate surface area is 145 Å².